The molecule has 0 aliphatic rings. The molecular weight excluding hydrogens is 340 g/mol. The number of aromatic nitrogens is 1. The first-order valence-electron chi connectivity index (χ1n) is 7.62. The summed E-state index contributed by atoms with van der Waals surface area (Å²) < 4.78 is 12.9. The highest BCUT2D eigenvalue weighted by Gasteiger charge is 2.10. The molecule has 2 aromatic carbocycles. The maximum atomic E-state index is 12.3. The molecular formula is C18H18N2O4S. The van der Waals surface area contributed by atoms with Gasteiger partial charge in [-0.05, 0) is 35.9 Å². The van der Waals surface area contributed by atoms with Crippen molar-refractivity contribution >= 4 is 33.1 Å². The summed E-state index contributed by atoms with van der Waals surface area (Å²) in [6.07, 6.45) is 0.212. The van der Waals surface area contributed by atoms with Gasteiger partial charge in [0.05, 0.1) is 30.9 Å². The Hall–Kier alpha value is -2.80. The summed E-state index contributed by atoms with van der Waals surface area (Å²) in [5.41, 5.74) is 2.34. The van der Waals surface area contributed by atoms with Gasteiger partial charge in [0.1, 0.15) is 0 Å². The Kier molecular flexibility index (Phi) is 4.76. The number of ether oxygens (including phenoxy) is 2. The number of thiazole rings is 1. The van der Waals surface area contributed by atoms with E-state index in [1.165, 1.54) is 0 Å². The molecule has 3 rings (SSSR count). The van der Waals surface area contributed by atoms with Gasteiger partial charge in [-0.1, -0.05) is 17.4 Å². The van der Waals surface area contributed by atoms with Crippen LogP contribution in [0, 0.1) is 0 Å². The van der Waals surface area contributed by atoms with Crippen LogP contribution in [-0.2, 0) is 18.3 Å². The van der Waals surface area contributed by atoms with Crippen molar-refractivity contribution in [3.05, 3.63) is 51.6 Å². The van der Waals surface area contributed by atoms with Crippen molar-refractivity contribution < 1.29 is 14.3 Å². The van der Waals surface area contributed by atoms with E-state index in [4.69, 9.17) is 9.47 Å². The fourth-order valence-electron chi connectivity index (χ4n) is 2.59. The lowest BCUT2D eigenvalue weighted by Crippen LogP contribution is -2.14. The normalized spacial score (nSPS) is 10.7. The Balaban J connectivity index is 1.75. The molecule has 25 heavy (non-hydrogen) atoms. The number of benzene rings is 2. The summed E-state index contributed by atoms with van der Waals surface area (Å²) in [6.45, 7) is 0. The van der Waals surface area contributed by atoms with Crippen molar-refractivity contribution in [3.63, 3.8) is 0 Å². The highest BCUT2D eigenvalue weighted by Crippen LogP contribution is 2.28. The number of nitrogens with zero attached hydrogens (tertiary/aromatic N) is 1. The molecule has 0 aliphatic carbocycles. The van der Waals surface area contributed by atoms with E-state index >= 15 is 0 Å². The number of fused-ring (bicyclic) bond motifs is 1. The lowest BCUT2D eigenvalue weighted by Gasteiger charge is -2.10. The molecule has 7 heteroatoms. The maximum absolute atomic E-state index is 12.3. The van der Waals surface area contributed by atoms with E-state index < -0.39 is 0 Å². The van der Waals surface area contributed by atoms with Gasteiger partial charge in [-0.15, -0.1) is 0 Å². The van der Waals surface area contributed by atoms with Crippen LogP contribution in [0.3, 0.4) is 0 Å². The number of methoxy groups -OCH3 is 2. The number of carbonyl (C=O) groups is 1. The minimum absolute atomic E-state index is 0.0243. The minimum Gasteiger partial charge on any atom is -0.493 e. The monoisotopic (exact) mass is 358 g/mol. The molecule has 1 amide bonds. The van der Waals surface area contributed by atoms with Gasteiger partial charge in [0.25, 0.3) is 0 Å². The second-order valence-corrected chi connectivity index (χ2v) is 6.52. The van der Waals surface area contributed by atoms with Gasteiger partial charge in [-0.2, -0.15) is 0 Å². The van der Waals surface area contributed by atoms with E-state index in [1.807, 2.05) is 18.2 Å². The maximum Gasteiger partial charge on any atom is 0.307 e. The zero-order valence-electron chi connectivity index (χ0n) is 14.2. The van der Waals surface area contributed by atoms with E-state index in [1.54, 1.807) is 44.0 Å². The quantitative estimate of drug-likeness (QED) is 0.761. The largest absolute Gasteiger partial charge is 0.493 e. The number of hydrogen-bond acceptors (Lipinski definition) is 5. The zero-order chi connectivity index (χ0) is 18.0. The number of hydrogen-bond donors (Lipinski definition) is 1. The molecule has 6 nitrogen and oxygen atoms in total. The van der Waals surface area contributed by atoms with E-state index in [9.17, 15) is 9.59 Å². The lowest BCUT2D eigenvalue weighted by molar-refractivity contribution is -0.115. The first kappa shape index (κ1) is 17.0. The fraction of sp³-hybridized carbons (Fsp3) is 0.222. The minimum atomic E-state index is -0.144. The molecule has 0 atom stereocenters. The molecule has 1 N–H and O–H groups in total. The lowest BCUT2D eigenvalue weighted by atomic mass is 10.1. The van der Waals surface area contributed by atoms with Gasteiger partial charge in [-0.3, -0.25) is 9.59 Å². The van der Waals surface area contributed by atoms with Crippen LogP contribution in [-0.4, -0.2) is 24.7 Å². The predicted molar refractivity (Wildman–Crippen MR) is 98.9 cm³/mol. The number of anilines is 1. The summed E-state index contributed by atoms with van der Waals surface area (Å²) in [5, 5.41) is 2.86. The summed E-state index contributed by atoms with van der Waals surface area (Å²) in [4.78, 5) is 24.0. The number of amides is 1. The van der Waals surface area contributed by atoms with E-state index in [2.05, 4.69) is 5.32 Å². The standard InChI is InChI=1S/C18H18N2O4S/c1-20-13-6-5-12(10-16(13)25-18(20)22)19-17(21)9-11-4-7-14(23-2)15(8-11)24-3/h4-8,10H,9H2,1-3H3,(H,19,21). The Morgan fingerprint density at radius 3 is 2.60 bits per heavy atom. The fourth-order valence-corrected chi connectivity index (χ4v) is 3.51. The Morgan fingerprint density at radius 1 is 1.12 bits per heavy atom. The van der Waals surface area contributed by atoms with E-state index in [0.29, 0.717) is 17.2 Å². The Morgan fingerprint density at radius 2 is 1.88 bits per heavy atom. The third-order valence-electron chi connectivity index (χ3n) is 3.89. The van der Waals surface area contributed by atoms with Crippen LogP contribution in [0.25, 0.3) is 10.2 Å². The molecule has 0 aliphatic heterocycles. The molecule has 0 radical (unpaired) electrons. The topological polar surface area (TPSA) is 69.6 Å². The smallest absolute Gasteiger partial charge is 0.307 e. The molecule has 3 aromatic rings. The average molecular weight is 358 g/mol. The van der Waals surface area contributed by atoms with Crippen LogP contribution in [0.4, 0.5) is 5.69 Å². The van der Waals surface area contributed by atoms with Crippen molar-refractivity contribution in [1.29, 1.82) is 0 Å². The first-order valence-corrected chi connectivity index (χ1v) is 8.44. The van der Waals surface area contributed by atoms with Crippen molar-refractivity contribution in [1.82, 2.24) is 4.57 Å². The number of nitrogens with one attached hydrogen (secondary N) is 1. The van der Waals surface area contributed by atoms with E-state index in [-0.39, 0.29) is 17.2 Å². The second-order valence-electron chi connectivity index (χ2n) is 5.52. The molecule has 0 saturated carbocycles. The van der Waals surface area contributed by atoms with E-state index in [0.717, 1.165) is 27.1 Å². The SMILES string of the molecule is COc1ccc(CC(=O)Nc2ccc3c(c2)sc(=O)n3C)cc1OC. The van der Waals surface area contributed by atoms with Crippen molar-refractivity contribution in [3.8, 4) is 11.5 Å². The molecule has 0 bridgehead atoms. The van der Waals surface area contributed by atoms with Crippen LogP contribution < -0.4 is 19.7 Å². The molecule has 0 saturated heterocycles. The van der Waals surface area contributed by atoms with Gasteiger partial charge in [0, 0.05) is 12.7 Å². The van der Waals surface area contributed by atoms with Gasteiger partial charge in [0.15, 0.2) is 11.5 Å². The number of carbonyl (C=O) groups excluding carboxylic acids is 1. The molecule has 0 fully saturated rings. The molecule has 1 aromatic heterocycles. The Bertz CT molecular complexity index is 990. The third-order valence-corrected chi connectivity index (χ3v) is 4.88. The summed E-state index contributed by atoms with van der Waals surface area (Å²) in [7, 11) is 4.86. The van der Waals surface area contributed by atoms with Crippen molar-refractivity contribution in [2.24, 2.45) is 7.05 Å². The van der Waals surface area contributed by atoms with Crippen molar-refractivity contribution in [2.75, 3.05) is 19.5 Å². The Labute approximate surface area is 148 Å². The van der Waals surface area contributed by atoms with Crippen LogP contribution in [0.1, 0.15) is 5.56 Å². The van der Waals surface area contributed by atoms with Crippen LogP contribution in [0.5, 0.6) is 11.5 Å². The van der Waals surface area contributed by atoms with Crippen LogP contribution in [0.2, 0.25) is 0 Å². The predicted octanol–water partition coefficient (Wildman–Crippen LogP) is 2.80. The summed E-state index contributed by atoms with van der Waals surface area (Å²) in [5.74, 6) is 1.06. The van der Waals surface area contributed by atoms with Crippen LogP contribution >= 0.6 is 11.3 Å². The zero-order valence-corrected chi connectivity index (χ0v) is 15.0. The molecule has 0 unspecified atom stereocenters. The number of rotatable bonds is 5. The van der Waals surface area contributed by atoms with Gasteiger partial charge in [-0.25, -0.2) is 0 Å². The molecule has 0 spiro atoms. The average Bonchev–Trinajstić information content (AvgIpc) is 2.88. The van der Waals surface area contributed by atoms with Gasteiger partial charge < -0.3 is 19.4 Å². The summed E-state index contributed by atoms with van der Waals surface area (Å²) in [6, 6.07) is 10.8. The second kappa shape index (κ2) is 6.98. The van der Waals surface area contributed by atoms with Gasteiger partial charge >= 0.3 is 4.87 Å². The highest BCUT2D eigenvalue weighted by atomic mass is 32.1. The van der Waals surface area contributed by atoms with Crippen molar-refractivity contribution in [2.45, 2.75) is 6.42 Å². The third kappa shape index (κ3) is 3.51. The first-order chi connectivity index (χ1) is 12.0. The van der Waals surface area contributed by atoms with Gasteiger partial charge in [0.2, 0.25) is 5.91 Å². The number of aryl methyl sites for hydroxylation is 1. The molecule has 130 valence electrons. The van der Waals surface area contributed by atoms with Crippen LogP contribution in [0.15, 0.2) is 41.2 Å². The molecule has 1 heterocycles. The highest BCUT2D eigenvalue weighted by molar-refractivity contribution is 7.16. The summed E-state index contributed by atoms with van der Waals surface area (Å²) >= 11 is 1.16.